The molecule has 0 amide bonds. The summed E-state index contributed by atoms with van der Waals surface area (Å²) in [5.74, 6) is 1.29. The number of aromatic nitrogens is 2. The fourth-order valence-electron chi connectivity index (χ4n) is 1.16. The molecule has 2 rings (SSSR count). The summed E-state index contributed by atoms with van der Waals surface area (Å²) in [6.45, 7) is 0.647. The van der Waals surface area contributed by atoms with Crippen LogP contribution in [0.2, 0.25) is 0 Å². The van der Waals surface area contributed by atoms with Crippen molar-refractivity contribution in [3.63, 3.8) is 0 Å². The van der Waals surface area contributed by atoms with Crippen LogP contribution >= 0.6 is 27.3 Å². The van der Waals surface area contributed by atoms with Crippen LogP contribution in [0.1, 0.15) is 12.2 Å². The van der Waals surface area contributed by atoms with Crippen molar-refractivity contribution in [2.24, 2.45) is 5.73 Å². The van der Waals surface area contributed by atoms with E-state index in [-0.39, 0.29) is 0 Å². The van der Waals surface area contributed by atoms with E-state index in [1.807, 2.05) is 11.4 Å². The van der Waals surface area contributed by atoms with Crippen LogP contribution in [0.5, 0.6) is 0 Å². The molecule has 2 aromatic rings. The van der Waals surface area contributed by atoms with Crippen molar-refractivity contribution in [3.05, 3.63) is 21.1 Å². The van der Waals surface area contributed by atoms with Gasteiger partial charge in [-0.05, 0) is 35.0 Å². The second kappa shape index (κ2) is 4.87. The summed E-state index contributed by atoms with van der Waals surface area (Å²) in [4.78, 5) is 4.28. The lowest BCUT2D eigenvalue weighted by Crippen LogP contribution is -2.01. The minimum Gasteiger partial charge on any atom is -0.334 e. The Morgan fingerprint density at radius 1 is 1.53 bits per heavy atom. The number of rotatable bonds is 4. The number of nitrogens with two attached hydrogens (primary N) is 1. The van der Waals surface area contributed by atoms with Crippen molar-refractivity contribution in [3.8, 4) is 11.5 Å². The molecular weight excluding hydrogens is 278 g/mol. The summed E-state index contributed by atoms with van der Waals surface area (Å²) in [6.07, 6.45) is 1.65. The topological polar surface area (TPSA) is 64.9 Å². The molecule has 4 nitrogen and oxygen atoms in total. The summed E-state index contributed by atoms with van der Waals surface area (Å²) in [6, 6.07) is 1.96. The molecule has 0 unspecified atom stereocenters. The maximum atomic E-state index is 5.41. The zero-order valence-corrected chi connectivity index (χ0v) is 10.3. The van der Waals surface area contributed by atoms with Gasteiger partial charge in [-0.25, -0.2) is 0 Å². The number of halogens is 1. The van der Waals surface area contributed by atoms with Gasteiger partial charge in [0.1, 0.15) is 0 Å². The van der Waals surface area contributed by atoms with Crippen LogP contribution in [0.25, 0.3) is 11.5 Å². The highest BCUT2D eigenvalue weighted by Crippen LogP contribution is 2.27. The van der Waals surface area contributed by atoms with Gasteiger partial charge >= 0.3 is 0 Å². The molecule has 2 N–H and O–H groups in total. The smallest absolute Gasteiger partial charge is 0.258 e. The molecule has 0 aliphatic carbocycles. The third-order valence-corrected chi connectivity index (χ3v) is 3.39. The molecule has 0 fully saturated rings. The number of nitrogens with zero attached hydrogens (tertiary/aromatic N) is 2. The molecule has 0 bridgehead atoms. The Labute approximate surface area is 99.6 Å². The van der Waals surface area contributed by atoms with E-state index in [0.29, 0.717) is 12.4 Å². The van der Waals surface area contributed by atoms with Crippen molar-refractivity contribution < 1.29 is 4.52 Å². The second-order valence-corrected chi connectivity index (χ2v) is 5.34. The van der Waals surface area contributed by atoms with Crippen LogP contribution in [-0.4, -0.2) is 16.7 Å². The van der Waals surface area contributed by atoms with E-state index in [2.05, 4.69) is 26.1 Å². The van der Waals surface area contributed by atoms with Crippen LogP contribution in [-0.2, 0) is 6.42 Å². The summed E-state index contributed by atoms with van der Waals surface area (Å²) in [5.41, 5.74) is 6.36. The highest BCUT2D eigenvalue weighted by Gasteiger charge is 2.09. The summed E-state index contributed by atoms with van der Waals surface area (Å²) >= 11 is 4.99. The quantitative estimate of drug-likeness (QED) is 0.938. The summed E-state index contributed by atoms with van der Waals surface area (Å²) in [5, 5.41) is 5.86. The number of aryl methyl sites for hydroxylation is 1. The van der Waals surface area contributed by atoms with Crippen LogP contribution in [0.15, 0.2) is 19.8 Å². The zero-order chi connectivity index (χ0) is 10.7. The highest BCUT2D eigenvalue weighted by molar-refractivity contribution is 9.11. The van der Waals surface area contributed by atoms with Crippen LogP contribution < -0.4 is 5.73 Å². The lowest BCUT2D eigenvalue weighted by molar-refractivity contribution is 0.422. The average Bonchev–Trinajstić information content (AvgIpc) is 2.83. The molecule has 0 spiro atoms. The van der Waals surface area contributed by atoms with Gasteiger partial charge < -0.3 is 10.3 Å². The van der Waals surface area contributed by atoms with Gasteiger partial charge in [-0.15, -0.1) is 11.3 Å². The normalized spacial score (nSPS) is 10.8. The molecule has 0 radical (unpaired) electrons. The van der Waals surface area contributed by atoms with Gasteiger partial charge in [-0.3, -0.25) is 0 Å². The Morgan fingerprint density at radius 3 is 3.07 bits per heavy atom. The third kappa shape index (κ3) is 2.64. The largest absolute Gasteiger partial charge is 0.334 e. The van der Waals surface area contributed by atoms with Gasteiger partial charge in [0.15, 0.2) is 5.82 Å². The molecule has 6 heteroatoms. The molecule has 2 aromatic heterocycles. The molecule has 15 heavy (non-hydrogen) atoms. The maximum absolute atomic E-state index is 5.41. The molecule has 2 heterocycles. The average molecular weight is 288 g/mol. The van der Waals surface area contributed by atoms with Crippen molar-refractivity contribution in [2.75, 3.05) is 6.54 Å². The molecule has 0 aliphatic heterocycles. The first-order valence-corrected chi connectivity index (χ1v) is 6.24. The first-order chi connectivity index (χ1) is 7.29. The van der Waals surface area contributed by atoms with Crippen molar-refractivity contribution >= 4 is 27.3 Å². The molecule has 0 atom stereocenters. The van der Waals surface area contributed by atoms with Gasteiger partial charge in [0.25, 0.3) is 5.89 Å². The van der Waals surface area contributed by atoms with Crippen LogP contribution in [0.4, 0.5) is 0 Å². The zero-order valence-electron chi connectivity index (χ0n) is 7.94. The summed E-state index contributed by atoms with van der Waals surface area (Å²) < 4.78 is 6.20. The van der Waals surface area contributed by atoms with Crippen molar-refractivity contribution in [2.45, 2.75) is 12.8 Å². The van der Waals surface area contributed by atoms with E-state index in [1.165, 1.54) is 0 Å². The Morgan fingerprint density at radius 2 is 2.40 bits per heavy atom. The minimum absolute atomic E-state index is 0.573. The monoisotopic (exact) mass is 287 g/mol. The third-order valence-electron chi connectivity index (χ3n) is 1.89. The molecule has 0 aromatic carbocycles. The Bertz CT molecular complexity index is 440. The predicted octanol–water partition coefficient (Wildman–Crippen LogP) is 2.45. The van der Waals surface area contributed by atoms with E-state index in [4.69, 9.17) is 10.3 Å². The van der Waals surface area contributed by atoms with E-state index in [0.717, 1.165) is 28.0 Å². The highest BCUT2D eigenvalue weighted by atomic mass is 79.9. The fraction of sp³-hybridized carbons (Fsp3) is 0.333. The fourth-order valence-corrected chi connectivity index (χ4v) is 2.29. The molecule has 0 saturated carbocycles. The maximum Gasteiger partial charge on any atom is 0.258 e. The Hall–Kier alpha value is -0.720. The predicted molar refractivity (Wildman–Crippen MR) is 62.7 cm³/mol. The van der Waals surface area contributed by atoms with Crippen molar-refractivity contribution in [1.29, 1.82) is 0 Å². The standard InChI is InChI=1S/C9H10BrN3OS/c10-7-4-6(5-15-7)9-12-8(13-14-9)2-1-3-11/h4-5H,1-3,11H2. The van der Waals surface area contributed by atoms with Gasteiger partial charge in [-0.2, -0.15) is 4.98 Å². The molecule has 0 saturated heterocycles. The van der Waals surface area contributed by atoms with Crippen molar-refractivity contribution in [1.82, 2.24) is 10.1 Å². The van der Waals surface area contributed by atoms with Crippen LogP contribution in [0.3, 0.4) is 0 Å². The lowest BCUT2D eigenvalue weighted by atomic mass is 10.3. The molecule has 0 aliphatic rings. The number of thiophene rings is 1. The van der Waals surface area contributed by atoms with Crippen LogP contribution in [0, 0.1) is 0 Å². The molecular formula is C9H10BrN3OS. The lowest BCUT2D eigenvalue weighted by Gasteiger charge is -1.88. The number of hydrogen-bond donors (Lipinski definition) is 1. The van der Waals surface area contributed by atoms with E-state index in [1.54, 1.807) is 11.3 Å². The Kier molecular flexibility index (Phi) is 3.50. The van der Waals surface area contributed by atoms with Gasteiger partial charge in [0.05, 0.1) is 9.35 Å². The SMILES string of the molecule is NCCCc1noc(-c2csc(Br)c2)n1. The number of hydrogen-bond acceptors (Lipinski definition) is 5. The van der Waals surface area contributed by atoms with Gasteiger partial charge in [-0.1, -0.05) is 5.16 Å². The first kappa shape index (κ1) is 10.8. The minimum atomic E-state index is 0.573. The molecule has 80 valence electrons. The van der Waals surface area contributed by atoms with E-state index in [9.17, 15) is 0 Å². The van der Waals surface area contributed by atoms with Gasteiger partial charge in [0, 0.05) is 11.8 Å². The Balaban J connectivity index is 2.13. The second-order valence-electron chi connectivity index (χ2n) is 3.05. The summed E-state index contributed by atoms with van der Waals surface area (Å²) in [7, 11) is 0. The van der Waals surface area contributed by atoms with E-state index < -0.39 is 0 Å². The first-order valence-electron chi connectivity index (χ1n) is 4.56. The van der Waals surface area contributed by atoms with E-state index >= 15 is 0 Å². The van der Waals surface area contributed by atoms with Gasteiger partial charge in [0.2, 0.25) is 0 Å².